The molecule has 0 atom stereocenters. The summed E-state index contributed by atoms with van der Waals surface area (Å²) in [4.78, 5) is 4.06. The van der Waals surface area contributed by atoms with Gasteiger partial charge in [-0.3, -0.25) is 4.98 Å². The molecule has 0 spiro atoms. The third-order valence-electron chi connectivity index (χ3n) is 2.75. The largest absolute Gasteiger partial charge is 0.496 e. The minimum Gasteiger partial charge on any atom is -0.496 e. The standard InChI is InChI=1S/C14H14ClNO3S/c1-19-14-5-6-16-8-12(14)11-4-3-10(7-13(11)15)9-20(2,17)18/h3-8H,9H2,1-2H3. The molecular formula is C14H14ClNO3S. The monoisotopic (exact) mass is 311 g/mol. The molecule has 0 unspecified atom stereocenters. The van der Waals surface area contributed by atoms with Crippen molar-refractivity contribution < 1.29 is 13.2 Å². The highest BCUT2D eigenvalue weighted by molar-refractivity contribution is 7.89. The third kappa shape index (κ3) is 3.49. The van der Waals surface area contributed by atoms with Crippen molar-refractivity contribution in [1.29, 1.82) is 0 Å². The number of pyridine rings is 1. The van der Waals surface area contributed by atoms with Crippen molar-refractivity contribution in [2.75, 3.05) is 13.4 Å². The Kier molecular flexibility index (Phi) is 4.30. The molecule has 0 aliphatic heterocycles. The molecule has 0 saturated heterocycles. The number of methoxy groups -OCH3 is 1. The van der Waals surface area contributed by atoms with Crippen molar-refractivity contribution in [3.05, 3.63) is 47.2 Å². The molecule has 6 heteroatoms. The van der Waals surface area contributed by atoms with Crippen LogP contribution in [0.15, 0.2) is 36.7 Å². The van der Waals surface area contributed by atoms with Gasteiger partial charge in [0.25, 0.3) is 0 Å². The number of ether oxygens (including phenoxy) is 1. The van der Waals surface area contributed by atoms with Crippen molar-refractivity contribution in [2.24, 2.45) is 0 Å². The van der Waals surface area contributed by atoms with Crippen LogP contribution in [-0.2, 0) is 15.6 Å². The molecule has 106 valence electrons. The molecule has 0 fully saturated rings. The maximum absolute atomic E-state index is 11.3. The van der Waals surface area contributed by atoms with Gasteiger partial charge in [0.1, 0.15) is 5.75 Å². The molecule has 0 radical (unpaired) electrons. The zero-order chi connectivity index (χ0) is 14.8. The Hall–Kier alpha value is -1.59. The minimum atomic E-state index is -3.08. The van der Waals surface area contributed by atoms with Gasteiger partial charge >= 0.3 is 0 Å². The number of benzene rings is 1. The van der Waals surface area contributed by atoms with E-state index in [0.29, 0.717) is 16.3 Å². The minimum absolute atomic E-state index is 0.0306. The summed E-state index contributed by atoms with van der Waals surface area (Å²) in [5.41, 5.74) is 2.18. The first-order valence-electron chi connectivity index (χ1n) is 5.85. The second-order valence-electron chi connectivity index (χ2n) is 4.46. The van der Waals surface area contributed by atoms with Crippen molar-refractivity contribution >= 4 is 21.4 Å². The first-order chi connectivity index (χ1) is 9.40. The summed E-state index contributed by atoms with van der Waals surface area (Å²) in [7, 11) is -1.51. The summed E-state index contributed by atoms with van der Waals surface area (Å²) in [5.74, 6) is 0.634. The lowest BCUT2D eigenvalue weighted by Crippen LogP contribution is -2.00. The van der Waals surface area contributed by atoms with E-state index in [1.807, 2.05) is 0 Å². The van der Waals surface area contributed by atoms with Gasteiger partial charge in [0.05, 0.1) is 12.9 Å². The molecule has 1 heterocycles. The summed E-state index contributed by atoms with van der Waals surface area (Å²) in [6.45, 7) is 0. The Bertz CT molecular complexity index is 729. The Balaban J connectivity index is 2.44. The average Bonchev–Trinajstić information content (AvgIpc) is 2.37. The van der Waals surface area contributed by atoms with Gasteiger partial charge in [0.2, 0.25) is 0 Å². The van der Waals surface area contributed by atoms with E-state index in [1.54, 1.807) is 43.8 Å². The normalized spacial score (nSPS) is 11.3. The fourth-order valence-electron chi connectivity index (χ4n) is 1.93. The third-order valence-corrected chi connectivity index (χ3v) is 3.92. The van der Waals surface area contributed by atoms with Gasteiger partial charge in [-0.2, -0.15) is 0 Å². The molecule has 4 nitrogen and oxygen atoms in total. The number of sulfone groups is 1. The van der Waals surface area contributed by atoms with Crippen LogP contribution in [0.3, 0.4) is 0 Å². The Morgan fingerprint density at radius 1 is 1.25 bits per heavy atom. The van der Waals surface area contributed by atoms with Crippen LogP contribution in [0, 0.1) is 0 Å². The zero-order valence-corrected chi connectivity index (χ0v) is 12.7. The van der Waals surface area contributed by atoms with Crippen LogP contribution in [-0.4, -0.2) is 26.8 Å². The van der Waals surface area contributed by atoms with Gasteiger partial charge in [-0.05, 0) is 17.7 Å². The summed E-state index contributed by atoms with van der Waals surface area (Å²) >= 11 is 6.24. The van der Waals surface area contributed by atoms with Crippen LogP contribution < -0.4 is 4.74 Å². The number of nitrogens with zero attached hydrogens (tertiary/aromatic N) is 1. The lowest BCUT2D eigenvalue weighted by atomic mass is 10.1. The van der Waals surface area contributed by atoms with Crippen LogP contribution in [0.1, 0.15) is 5.56 Å². The highest BCUT2D eigenvalue weighted by Gasteiger charge is 2.12. The van der Waals surface area contributed by atoms with Gasteiger partial charge in [-0.25, -0.2) is 8.42 Å². The highest BCUT2D eigenvalue weighted by Crippen LogP contribution is 2.34. The van der Waals surface area contributed by atoms with E-state index < -0.39 is 9.84 Å². The van der Waals surface area contributed by atoms with Gasteiger partial charge in [-0.15, -0.1) is 0 Å². The second kappa shape index (κ2) is 5.81. The SMILES string of the molecule is COc1ccncc1-c1ccc(CS(C)(=O)=O)cc1Cl. The van der Waals surface area contributed by atoms with Crippen molar-refractivity contribution in [1.82, 2.24) is 4.98 Å². The van der Waals surface area contributed by atoms with Crippen LogP contribution >= 0.6 is 11.6 Å². The Morgan fingerprint density at radius 3 is 2.60 bits per heavy atom. The van der Waals surface area contributed by atoms with Gasteiger partial charge in [-0.1, -0.05) is 23.7 Å². The first-order valence-corrected chi connectivity index (χ1v) is 8.29. The van der Waals surface area contributed by atoms with Crippen molar-refractivity contribution in [2.45, 2.75) is 5.75 Å². The lowest BCUT2D eigenvalue weighted by molar-refractivity contribution is 0.416. The van der Waals surface area contributed by atoms with E-state index in [4.69, 9.17) is 16.3 Å². The fourth-order valence-corrected chi connectivity index (χ4v) is 3.02. The fraction of sp³-hybridized carbons (Fsp3) is 0.214. The predicted molar refractivity (Wildman–Crippen MR) is 79.8 cm³/mol. The zero-order valence-electron chi connectivity index (χ0n) is 11.1. The molecule has 2 rings (SSSR count). The van der Waals surface area contributed by atoms with E-state index in [-0.39, 0.29) is 5.75 Å². The van der Waals surface area contributed by atoms with Crippen molar-refractivity contribution in [3.8, 4) is 16.9 Å². The molecule has 1 aromatic heterocycles. The summed E-state index contributed by atoms with van der Waals surface area (Å²) in [6, 6.07) is 6.93. The van der Waals surface area contributed by atoms with Gasteiger partial charge in [0.15, 0.2) is 9.84 Å². The van der Waals surface area contributed by atoms with E-state index in [9.17, 15) is 8.42 Å². The molecule has 0 aliphatic rings. The maximum atomic E-state index is 11.3. The second-order valence-corrected chi connectivity index (χ2v) is 7.01. The summed E-state index contributed by atoms with van der Waals surface area (Å²) in [5, 5.41) is 0.470. The molecule has 0 saturated carbocycles. The number of aromatic nitrogens is 1. The van der Waals surface area contributed by atoms with Crippen LogP contribution in [0.5, 0.6) is 5.75 Å². The molecule has 0 aliphatic carbocycles. The molecule has 0 bridgehead atoms. The molecular weight excluding hydrogens is 298 g/mol. The van der Waals surface area contributed by atoms with E-state index in [2.05, 4.69) is 4.98 Å². The number of halogens is 1. The molecule has 0 amide bonds. The first kappa shape index (κ1) is 14.8. The van der Waals surface area contributed by atoms with Crippen LogP contribution in [0.4, 0.5) is 0 Å². The van der Waals surface area contributed by atoms with Crippen LogP contribution in [0.25, 0.3) is 11.1 Å². The quantitative estimate of drug-likeness (QED) is 0.871. The topological polar surface area (TPSA) is 56.3 Å². The molecule has 1 aromatic carbocycles. The van der Waals surface area contributed by atoms with Gasteiger partial charge < -0.3 is 4.74 Å². The summed E-state index contributed by atoms with van der Waals surface area (Å²) < 4.78 is 27.9. The van der Waals surface area contributed by atoms with E-state index in [1.165, 1.54) is 6.26 Å². The maximum Gasteiger partial charge on any atom is 0.151 e. The Morgan fingerprint density at radius 2 is 2.00 bits per heavy atom. The molecule has 2 aromatic rings. The molecule has 0 N–H and O–H groups in total. The summed E-state index contributed by atoms with van der Waals surface area (Å²) in [6.07, 6.45) is 4.49. The smallest absolute Gasteiger partial charge is 0.151 e. The number of rotatable bonds is 4. The van der Waals surface area contributed by atoms with Crippen LogP contribution in [0.2, 0.25) is 5.02 Å². The Labute approximate surface area is 123 Å². The predicted octanol–water partition coefficient (Wildman–Crippen LogP) is 2.96. The average molecular weight is 312 g/mol. The lowest BCUT2D eigenvalue weighted by Gasteiger charge is -2.10. The van der Waals surface area contributed by atoms with E-state index >= 15 is 0 Å². The molecule has 20 heavy (non-hydrogen) atoms. The van der Waals surface area contributed by atoms with Gasteiger partial charge in [0, 0.05) is 34.8 Å². The number of hydrogen-bond donors (Lipinski definition) is 0. The highest BCUT2D eigenvalue weighted by atomic mass is 35.5. The number of hydrogen-bond acceptors (Lipinski definition) is 4. The van der Waals surface area contributed by atoms with Crippen molar-refractivity contribution in [3.63, 3.8) is 0 Å². The van der Waals surface area contributed by atoms with E-state index in [0.717, 1.165) is 11.1 Å².